The van der Waals surface area contributed by atoms with Crippen molar-refractivity contribution < 1.29 is 9.72 Å². The number of nitro benzene ring substituents is 1. The Hall–Kier alpha value is -2.69. The Bertz CT molecular complexity index is 626. The van der Waals surface area contributed by atoms with Crippen LogP contribution in [0.2, 0.25) is 0 Å². The Kier molecular flexibility index (Phi) is 4.10. The first-order valence-corrected chi connectivity index (χ1v) is 6.12. The molecule has 0 bridgehead atoms. The van der Waals surface area contributed by atoms with E-state index in [0.717, 1.165) is 5.69 Å². The highest BCUT2D eigenvalue weighted by molar-refractivity contribution is 5.99. The summed E-state index contributed by atoms with van der Waals surface area (Å²) in [5, 5.41) is 10.7. The standard InChI is InChI=1S/C15H14N2O3/c1-16(13-7-3-2-4-8-13)11-15(18)12-6-5-9-14(10-12)17(19)20/h2-10H,11H2,1H3. The smallest absolute Gasteiger partial charge is 0.270 e. The van der Waals surface area contributed by atoms with Crippen LogP contribution in [0, 0.1) is 10.1 Å². The molecule has 0 fully saturated rings. The van der Waals surface area contributed by atoms with Crippen LogP contribution in [0.4, 0.5) is 11.4 Å². The zero-order chi connectivity index (χ0) is 14.5. The van der Waals surface area contributed by atoms with E-state index in [1.54, 1.807) is 11.0 Å². The fourth-order valence-electron chi connectivity index (χ4n) is 1.87. The van der Waals surface area contributed by atoms with E-state index in [-0.39, 0.29) is 18.0 Å². The molecule has 102 valence electrons. The molecule has 0 aliphatic heterocycles. The quantitative estimate of drug-likeness (QED) is 0.476. The Morgan fingerprint density at radius 2 is 1.85 bits per heavy atom. The van der Waals surface area contributed by atoms with E-state index in [1.807, 2.05) is 37.4 Å². The number of carbonyl (C=O) groups is 1. The number of nitrogens with zero attached hydrogens (tertiary/aromatic N) is 2. The van der Waals surface area contributed by atoms with E-state index in [0.29, 0.717) is 5.56 Å². The van der Waals surface area contributed by atoms with Gasteiger partial charge < -0.3 is 4.90 Å². The lowest BCUT2D eigenvalue weighted by Gasteiger charge is -2.18. The molecule has 0 N–H and O–H groups in total. The van der Waals surface area contributed by atoms with Gasteiger partial charge in [-0.2, -0.15) is 0 Å². The first-order chi connectivity index (χ1) is 9.58. The molecule has 20 heavy (non-hydrogen) atoms. The number of nitro groups is 1. The second kappa shape index (κ2) is 5.97. The van der Waals surface area contributed by atoms with Crippen molar-refractivity contribution in [1.29, 1.82) is 0 Å². The summed E-state index contributed by atoms with van der Waals surface area (Å²) in [6.07, 6.45) is 0. The van der Waals surface area contributed by atoms with E-state index < -0.39 is 4.92 Å². The minimum absolute atomic E-state index is 0.0711. The van der Waals surface area contributed by atoms with Gasteiger partial charge in [0.05, 0.1) is 11.5 Å². The normalized spacial score (nSPS) is 10.1. The summed E-state index contributed by atoms with van der Waals surface area (Å²) in [6.45, 7) is 0.172. The lowest BCUT2D eigenvalue weighted by atomic mass is 10.1. The Morgan fingerprint density at radius 3 is 2.50 bits per heavy atom. The van der Waals surface area contributed by atoms with Crippen LogP contribution in [-0.4, -0.2) is 24.3 Å². The van der Waals surface area contributed by atoms with Gasteiger partial charge in [-0.1, -0.05) is 30.3 Å². The number of likely N-dealkylation sites (N-methyl/N-ethyl adjacent to an activating group) is 1. The number of ketones is 1. The molecule has 2 rings (SSSR count). The maximum absolute atomic E-state index is 12.1. The van der Waals surface area contributed by atoms with Crippen molar-refractivity contribution >= 4 is 17.2 Å². The summed E-state index contributed by atoms with van der Waals surface area (Å²) in [4.78, 5) is 24.1. The van der Waals surface area contributed by atoms with Gasteiger partial charge in [-0.3, -0.25) is 14.9 Å². The highest BCUT2D eigenvalue weighted by Crippen LogP contribution is 2.15. The molecule has 0 aliphatic rings. The van der Waals surface area contributed by atoms with E-state index in [9.17, 15) is 14.9 Å². The maximum atomic E-state index is 12.1. The summed E-state index contributed by atoms with van der Waals surface area (Å²) in [6, 6.07) is 15.3. The van der Waals surface area contributed by atoms with Crippen molar-refractivity contribution in [2.75, 3.05) is 18.5 Å². The number of hydrogen-bond donors (Lipinski definition) is 0. The fraction of sp³-hybridized carbons (Fsp3) is 0.133. The summed E-state index contributed by atoms with van der Waals surface area (Å²) < 4.78 is 0. The number of non-ortho nitro benzene ring substituents is 1. The second-order valence-electron chi connectivity index (χ2n) is 4.42. The van der Waals surface area contributed by atoms with Crippen molar-refractivity contribution in [3.63, 3.8) is 0 Å². The molecular weight excluding hydrogens is 256 g/mol. The largest absolute Gasteiger partial charge is 0.367 e. The lowest BCUT2D eigenvalue weighted by molar-refractivity contribution is -0.384. The van der Waals surface area contributed by atoms with Crippen LogP contribution < -0.4 is 4.90 Å². The number of Topliss-reactive ketones (excluding diaryl/α,β-unsaturated/α-hetero) is 1. The van der Waals surface area contributed by atoms with Gasteiger partial charge in [0.15, 0.2) is 5.78 Å². The third kappa shape index (κ3) is 3.20. The van der Waals surface area contributed by atoms with Crippen molar-refractivity contribution in [3.8, 4) is 0 Å². The number of rotatable bonds is 5. The molecule has 0 amide bonds. The number of hydrogen-bond acceptors (Lipinski definition) is 4. The van der Waals surface area contributed by atoms with E-state index in [2.05, 4.69) is 0 Å². The molecule has 0 unspecified atom stereocenters. The Labute approximate surface area is 116 Å². The van der Waals surface area contributed by atoms with Crippen LogP contribution in [-0.2, 0) is 0 Å². The van der Waals surface area contributed by atoms with Crippen LogP contribution >= 0.6 is 0 Å². The topological polar surface area (TPSA) is 63.5 Å². The first-order valence-electron chi connectivity index (χ1n) is 6.12. The molecule has 5 nitrogen and oxygen atoms in total. The zero-order valence-electron chi connectivity index (χ0n) is 11.0. The van der Waals surface area contributed by atoms with E-state index in [4.69, 9.17) is 0 Å². The highest BCUT2D eigenvalue weighted by Gasteiger charge is 2.13. The molecule has 5 heteroatoms. The number of para-hydroxylation sites is 1. The molecule has 2 aromatic carbocycles. The average Bonchev–Trinajstić information content (AvgIpc) is 2.48. The van der Waals surface area contributed by atoms with Crippen molar-refractivity contribution in [1.82, 2.24) is 0 Å². The van der Waals surface area contributed by atoms with Crippen LogP contribution in [0.15, 0.2) is 54.6 Å². The number of carbonyl (C=O) groups excluding carboxylic acids is 1. The molecule has 0 saturated carbocycles. The summed E-state index contributed by atoms with van der Waals surface area (Å²) >= 11 is 0. The molecule has 0 aromatic heterocycles. The third-order valence-corrected chi connectivity index (χ3v) is 2.96. The van der Waals surface area contributed by atoms with Gasteiger partial charge in [0.1, 0.15) is 0 Å². The summed E-state index contributed by atoms with van der Waals surface area (Å²) in [5.74, 6) is -0.153. The minimum Gasteiger partial charge on any atom is -0.367 e. The molecule has 0 atom stereocenters. The fourth-order valence-corrected chi connectivity index (χ4v) is 1.87. The zero-order valence-corrected chi connectivity index (χ0v) is 11.0. The second-order valence-corrected chi connectivity index (χ2v) is 4.42. The maximum Gasteiger partial charge on any atom is 0.270 e. The van der Waals surface area contributed by atoms with Gasteiger partial charge in [0.2, 0.25) is 0 Å². The van der Waals surface area contributed by atoms with Crippen LogP contribution in [0.25, 0.3) is 0 Å². The average molecular weight is 270 g/mol. The van der Waals surface area contributed by atoms with Gasteiger partial charge in [-0.05, 0) is 12.1 Å². The Morgan fingerprint density at radius 1 is 1.15 bits per heavy atom. The van der Waals surface area contributed by atoms with Crippen LogP contribution in [0.3, 0.4) is 0 Å². The molecule has 0 saturated heterocycles. The van der Waals surface area contributed by atoms with E-state index in [1.165, 1.54) is 18.2 Å². The highest BCUT2D eigenvalue weighted by atomic mass is 16.6. The minimum atomic E-state index is -0.502. The van der Waals surface area contributed by atoms with Gasteiger partial charge in [0, 0.05) is 30.4 Å². The monoisotopic (exact) mass is 270 g/mol. The Balaban J connectivity index is 2.12. The predicted octanol–water partition coefficient (Wildman–Crippen LogP) is 2.91. The summed E-state index contributed by atoms with van der Waals surface area (Å²) in [5.41, 5.74) is 1.20. The molecule has 0 radical (unpaired) electrons. The van der Waals surface area contributed by atoms with Gasteiger partial charge in [-0.15, -0.1) is 0 Å². The first kappa shape index (κ1) is 13.7. The van der Waals surface area contributed by atoms with E-state index >= 15 is 0 Å². The SMILES string of the molecule is CN(CC(=O)c1cccc([N+](=O)[O-])c1)c1ccccc1. The molecule has 0 aliphatic carbocycles. The lowest BCUT2D eigenvalue weighted by Crippen LogP contribution is -2.25. The number of anilines is 1. The van der Waals surface area contributed by atoms with Gasteiger partial charge in [0.25, 0.3) is 5.69 Å². The summed E-state index contributed by atoms with van der Waals surface area (Å²) in [7, 11) is 1.81. The van der Waals surface area contributed by atoms with Crippen molar-refractivity contribution in [3.05, 3.63) is 70.3 Å². The molecular formula is C15H14N2O3. The van der Waals surface area contributed by atoms with Crippen molar-refractivity contribution in [2.24, 2.45) is 0 Å². The van der Waals surface area contributed by atoms with Crippen LogP contribution in [0.5, 0.6) is 0 Å². The van der Waals surface area contributed by atoms with Gasteiger partial charge >= 0.3 is 0 Å². The van der Waals surface area contributed by atoms with Crippen LogP contribution in [0.1, 0.15) is 10.4 Å². The van der Waals surface area contributed by atoms with Crippen molar-refractivity contribution in [2.45, 2.75) is 0 Å². The molecule has 2 aromatic rings. The predicted molar refractivity (Wildman–Crippen MR) is 77.1 cm³/mol. The van der Waals surface area contributed by atoms with Gasteiger partial charge in [-0.25, -0.2) is 0 Å². The third-order valence-electron chi connectivity index (χ3n) is 2.96. The molecule has 0 heterocycles. The number of benzene rings is 2. The molecule has 0 spiro atoms.